The van der Waals surface area contributed by atoms with Crippen molar-refractivity contribution < 1.29 is 18.0 Å². The van der Waals surface area contributed by atoms with Crippen molar-refractivity contribution in [1.82, 2.24) is 29.3 Å². The van der Waals surface area contributed by atoms with Gasteiger partial charge in [0.2, 0.25) is 0 Å². The van der Waals surface area contributed by atoms with Crippen LogP contribution in [0.3, 0.4) is 0 Å². The van der Waals surface area contributed by atoms with E-state index in [-0.39, 0.29) is 28.6 Å². The van der Waals surface area contributed by atoms with Crippen LogP contribution < -0.4 is 0 Å². The van der Waals surface area contributed by atoms with Gasteiger partial charge in [0.05, 0.1) is 12.2 Å². The molecule has 0 spiro atoms. The lowest BCUT2D eigenvalue weighted by molar-refractivity contribution is -0.142. The van der Waals surface area contributed by atoms with E-state index < -0.39 is 17.8 Å². The molecule has 26 heavy (non-hydrogen) atoms. The number of nitrogens with zero attached hydrogens (tertiary/aromatic N) is 6. The van der Waals surface area contributed by atoms with E-state index in [9.17, 15) is 18.0 Å². The average molecular weight is 387 g/mol. The topological polar surface area (TPSA) is 68.3 Å². The van der Waals surface area contributed by atoms with E-state index in [1.807, 2.05) is 0 Å². The third-order valence-electron chi connectivity index (χ3n) is 3.82. The molecule has 0 saturated heterocycles. The van der Waals surface area contributed by atoms with Crippen LogP contribution in [0.1, 0.15) is 27.6 Å². The summed E-state index contributed by atoms with van der Waals surface area (Å²) in [5.74, 6) is -0.618. The van der Waals surface area contributed by atoms with Crippen LogP contribution >= 0.6 is 11.6 Å². The highest BCUT2D eigenvalue weighted by molar-refractivity contribution is 6.36. The average Bonchev–Trinajstić information content (AvgIpc) is 3.09. The first-order chi connectivity index (χ1) is 12.1. The Morgan fingerprint density at radius 2 is 2.08 bits per heavy atom. The predicted octanol–water partition coefficient (Wildman–Crippen LogP) is 2.72. The summed E-state index contributed by atoms with van der Waals surface area (Å²) in [5.41, 5.74) is -0.689. The Morgan fingerprint density at radius 1 is 1.38 bits per heavy atom. The number of carbonyl (C=O) groups excluding carboxylic acids is 1. The number of aromatic nitrogens is 5. The second kappa shape index (κ2) is 6.27. The molecule has 0 fully saturated rings. The third kappa shape index (κ3) is 3.12. The van der Waals surface area contributed by atoms with Crippen molar-refractivity contribution in [2.45, 2.75) is 19.6 Å². The molecule has 0 N–H and O–H groups in total. The maximum Gasteiger partial charge on any atom is 0.433 e. The first-order valence-corrected chi connectivity index (χ1v) is 7.83. The first kappa shape index (κ1) is 18.2. The molecule has 0 saturated carbocycles. The maximum absolute atomic E-state index is 13.3. The van der Waals surface area contributed by atoms with Crippen LogP contribution in [0.5, 0.6) is 0 Å². The van der Waals surface area contributed by atoms with Gasteiger partial charge in [0.25, 0.3) is 5.91 Å². The van der Waals surface area contributed by atoms with Gasteiger partial charge in [0.15, 0.2) is 11.3 Å². The summed E-state index contributed by atoms with van der Waals surface area (Å²) in [7, 11) is 3.22. The molecule has 11 heteroatoms. The van der Waals surface area contributed by atoms with E-state index in [4.69, 9.17) is 11.6 Å². The van der Waals surface area contributed by atoms with Gasteiger partial charge in [-0.15, -0.1) is 0 Å². The fourth-order valence-electron chi connectivity index (χ4n) is 2.50. The highest BCUT2D eigenvalue weighted by Crippen LogP contribution is 2.32. The fourth-order valence-corrected chi connectivity index (χ4v) is 2.74. The van der Waals surface area contributed by atoms with Crippen molar-refractivity contribution in [3.63, 3.8) is 0 Å². The van der Waals surface area contributed by atoms with Crippen LogP contribution in [0.15, 0.2) is 18.3 Å². The molecule has 0 aliphatic rings. The Morgan fingerprint density at radius 3 is 2.65 bits per heavy atom. The molecular weight excluding hydrogens is 373 g/mol. The van der Waals surface area contributed by atoms with E-state index in [0.717, 1.165) is 11.8 Å². The molecule has 0 aliphatic heterocycles. The van der Waals surface area contributed by atoms with Crippen LogP contribution in [0.25, 0.3) is 5.65 Å². The van der Waals surface area contributed by atoms with Crippen molar-refractivity contribution >= 4 is 23.2 Å². The number of fused-ring (bicyclic) bond motifs is 1. The Labute approximate surface area is 151 Å². The minimum atomic E-state index is -4.66. The second-order valence-electron chi connectivity index (χ2n) is 5.79. The van der Waals surface area contributed by atoms with Crippen LogP contribution in [-0.4, -0.2) is 42.2 Å². The number of carbonyl (C=O) groups is 1. The van der Waals surface area contributed by atoms with E-state index >= 15 is 0 Å². The highest BCUT2D eigenvalue weighted by Gasteiger charge is 2.36. The Bertz CT molecular complexity index is 993. The van der Waals surface area contributed by atoms with E-state index in [2.05, 4.69) is 15.2 Å². The second-order valence-corrected chi connectivity index (χ2v) is 6.16. The molecule has 0 atom stereocenters. The first-order valence-electron chi connectivity index (χ1n) is 7.45. The van der Waals surface area contributed by atoms with Gasteiger partial charge >= 0.3 is 6.18 Å². The zero-order valence-electron chi connectivity index (χ0n) is 14.0. The van der Waals surface area contributed by atoms with Gasteiger partial charge in [0, 0.05) is 26.0 Å². The van der Waals surface area contributed by atoms with Crippen molar-refractivity contribution in [2.75, 3.05) is 7.05 Å². The molecular formula is C15H14ClF3N6O. The summed E-state index contributed by atoms with van der Waals surface area (Å²) in [6, 6.07) is 2.58. The van der Waals surface area contributed by atoms with Crippen molar-refractivity contribution in [3.05, 3.63) is 46.1 Å². The summed E-state index contributed by atoms with van der Waals surface area (Å²) < 4.78 is 41.9. The van der Waals surface area contributed by atoms with Gasteiger partial charge in [-0.05, 0) is 19.1 Å². The van der Waals surface area contributed by atoms with Gasteiger partial charge in [-0.3, -0.25) is 9.48 Å². The van der Waals surface area contributed by atoms with Crippen molar-refractivity contribution in [3.8, 4) is 0 Å². The minimum absolute atomic E-state index is 0.119. The third-order valence-corrected chi connectivity index (χ3v) is 4.17. The molecule has 0 bridgehead atoms. The number of hydrogen-bond donors (Lipinski definition) is 0. The van der Waals surface area contributed by atoms with Gasteiger partial charge in [-0.2, -0.15) is 23.4 Å². The van der Waals surface area contributed by atoms with E-state index in [0.29, 0.717) is 4.52 Å². The number of alkyl halides is 3. The molecule has 0 aromatic carbocycles. The summed E-state index contributed by atoms with van der Waals surface area (Å²) in [6.45, 7) is 1.60. The van der Waals surface area contributed by atoms with Gasteiger partial charge < -0.3 is 4.90 Å². The van der Waals surface area contributed by atoms with Gasteiger partial charge in [-0.1, -0.05) is 11.6 Å². The SMILES string of the molecule is Cc1cc(C(F)(F)F)n2nc(C(=O)N(C)Cc3ccnn3C)c(Cl)c2n1. The van der Waals surface area contributed by atoms with Crippen LogP contribution in [0.2, 0.25) is 5.02 Å². The van der Waals surface area contributed by atoms with Gasteiger partial charge in [0.1, 0.15) is 10.7 Å². The van der Waals surface area contributed by atoms with E-state index in [1.54, 1.807) is 24.0 Å². The lowest BCUT2D eigenvalue weighted by Gasteiger charge is -2.15. The summed E-state index contributed by atoms with van der Waals surface area (Å²) in [4.78, 5) is 17.9. The number of hydrogen-bond acceptors (Lipinski definition) is 4. The van der Waals surface area contributed by atoms with Crippen LogP contribution in [-0.2, 0) is 19.8 Å². The Kier molecular flexibility index (Phi) is 4.39. The van der Waals surface area contributed by atoms with E-state index in [1.165, 1.54) is 18.9 Å². The molecule has 0 radical (unpaired) electrons. The number of aryl methyl sites for hydroxylation is 2. The summed E-state index contributed by atoms with van der Waals surface area (Å²) in [6.07, 6.45) is -3.09. The fraction of sp³-hybridized carbons (Fsp3) is 0.333. The van der Waals surface area contributed by atoms with Crippen LogP contribution in [0.4, 0.5) is 13.2 Å². The molecule has 3 heterocycles. The molecule has 3 aromatic heterocycles. The summed E-state index contributed by atoms with van der Waals surface area (Å²) in [5, 5.41) is 7.56. The molecule has 0 unspecified atom stereocenters. The predicted molar refractivity (Wildman–Crippen MR) is 86.7 cm³/mol. The quantitative estimate of drug-likeness (QED) is 0.694. The normalized spacial score (nSPS) is 12.0. The smallest absolute Gasteiger partial charge is 0.334 e. The lowest BCUT2D eigenvalue weighted by Crippen LogP contribution is -2.28. The minimum Gasteiger partial charge on any atom is -0.334 e. The molecule has 0 aliphatic carbocycles. The Hall–Kier alpha value is -2.62. The molecule has 7 nitrogen and oxygen atoms in total. The highest BCUT2D eigenvalue weighted by atomic mass is 35.5. The largest absolute Gasteiger partial charge is 0.433 e. The lowest BCUT2D eigenvalue weighted by atomic mass is 10.3. The molecule has 138 valence electrons. The monoisotopic (exact) mass is 386 g/mol. The standard InChI is InChI=1S/C15H14ClF3N6O/c1-8-6-10(15(17,18)19)25-13(21-8)11(16)12(22-25)14(26)23(2)7-9-4-5-20-24(9)3/h4-6H,7H2,1-3H3. The zero-order chi connectivity index (χ0) is 19.2. The van der Waals surface area contributed by atoms with Crippen LogP contribution in [0, 0.1) is 6.92 Å². The van der Waals surface area contributed by atoms with Gasteiger partial charge in [-0.25, -0.2) is 9.50 Å². The molecule has 3 rings (SSSR count). The number of rotatable bonds is 3. The van der Waals surface area contributed by atoms with Crippen molar-refractivity contribution in [1.29, 1.82) is 0 Å². The Balaban J connectivity index is 2.04. The number of halogens is 4. The maximum atomic E-state index is 13.3. The zero-order valence-corrected chi connectivity index (χ0v) is 14.8. The van der Waals surface area contributed by atoms with Crippen molar-refractivity contribution in [2.24, 2.45) is 7.05 Å². The number of amides is 1. The molecule has 3 aromatic rings. The summed E-state index contributed by atoms with van der Waals surface area (Å²) >= 11 is 6.13. The molecule has 1 amide bonds.